The van der Waals surface area contributed by atoms with Crippen LogP contribution in [0.4, 0.5) is 5.13 Å². The van der Waals surface area contributed by atoms with Crippen LogP contribution in [0.5, 0.6) is 0 Å². The second-order valence-electron chi connectivity index (χ2n) is 4.65. The van der Waals surface area contributed by atoms with Gasteiger partial charge in [0, 0.05) is 31.9 Å². The lowest BCUT2D eigenvalue weighted by Crippen LogP contribution is -2.28. The highest BCUT2D eigenvalue weighted by Crippen LogP contribution is 2.20. The van der Waals surface area contributed by atoms with Gasteiger partial charge in [-0.1, -0.05) is 0 Å². The predicted octanol–water partition coefficient (Wildman–Crippen LogP) is 1.64. The average Bonchev–Trinajstić information content (AvgIpc) is 2.82. The van der Waals surface area contributed by atoms with Crippen molar-refractivity contribution in [3.8, 4) is 0 Å². The Balaban J connectivity index is 2.41. The number of ether oxygens (including phenoxy) is 1. The number of esters is 1. The van der Waals surface area contributed by atoms with Crippen LogP contribution in [0.2, 0.25) is 0 Å². The second-order valence-corrected chi connectivity index (χ2v) is 5.49. The van der Waals surface area contributed by atoms with E-state index in [1.807, 2.05) is 19.4 Å². The molecule has 0 bridgehead atoms. The second kappa shape index (κ2) is 8.12. The summed E-state index contributed by atoms with van der Waals surface area (Å²) in [4.78, 5) is 20.1. The summed E-state index contributed by atoms with van der Waals surface area (Å²) >= 11 is 1.62. The number of likely N-dealkylation sites (N-methyl/N-ethyl adjacent to an activating group) is 2. The molecule has 0 radical (unpaired) electrons. The summed E-state index contributed by atoms with van der Waals surface area (Å²) in [6.07, 6.45) is 1.05. The first kappa shape index (κ1) is 15.9. The van der Waals surface area contributed by atoms with E-state index in [0.29, 0.717) is 19.4 Å². The molecular formula is C13H23N3O2S. The third-order valence-electron chi connectivity index (χ3n) is 2.64. The van der Waals surface area contributed by atoms with Gasteiger partial charge in [-0.05, 0) is 21.0 Å². The quantitative estimate of drug-likeness (QED) is 0.679. The van der Waals surface area contributed by atoms with Gasteiger partial charge in [-0.2, -0.15) is 0 Å². The SMILES string of the molecule is CCOC(=O)CCc1csc(N(C)CCN(C)C)n1. The van der Waals surface area contributed by atoms with Crippen molar-refractivity contribution < 1.29 is 9.53 Å². The summed E-state index contributed by atoms with van der Waals surface area (Å²) in [5, 5.41) is 3.02. The number of hydrogen-bond donors (Lipinski definition) is 0. The summed E-state index contributed by atoms with van der Waals surface area (Å²) < 4.78 is 4.90. The van der Waals surface area contributed by atoms with Gasteiger partial charge in [0.1, 0.15) is 0 Å². The molecule has 0 unspecified atom stereocenters. The van der Waals surface area contributed by atoms with E-state index in [4.69, 9.17) is 4.74 Å². The molecule has 0 amide bonds. The van der Waals surface area contributed by atoms with Crippen molar-refractivity contribution in [1.82, 2.24) is 9.88 Å². The topological polar surface area (TPSA) is 45.7 Å². The van der Waals surface area contributed by atoms with Crippen molar-refractivity contribution in [2.75, 3.05) is 45.7 Å². The molecule has 0 spiro atoms. The summed E-state index contributed by atoms with van der Waals surface area (Å²) in [6.45, 7) is 4.19. The molecule has 19 heavy (non-hydrogen) atoms. The lowest BCUT2D eigenvalue weighted by Gasteiger charge is -2.18. The van der Waals surface area contributed by atoms with Crippen molar-refractivity contribution in [3.05, 3.63) is 11.1 Å². The van der Waals surface area contributed by atoms with E-state index < -0.39 is 0 Å². The van der Waals surface area contributed by atoms with Crippen LogP contribution in [0, 0.1) is 0 Å². The van der Waals surface area contributed by atoms with Gasteiger partial charge in [-0.3, -0.25) is 4.79 Å². The Morgan fingerprint density at radius 3 is 2.74 bits per heavy atom. The van der Waals surface area contributed by atoms with Crippen LogP contribution < -0.4 is 4.90 Å². The Kier molecular flexibility index (Phi) is 6.80. The average molecular weight is 285 g/mol. The molecule has 0 fully saturated rings. The molecule has 0 N–H and O–H groups in total. The van der Waals surface area contributed by atoms with Crippen molar-refractivity contribution in [3.63, 3.8) is 0 Å². The number of aromatic nitrogens is 1. The third kappa shape index (κ3) is 6.02. The molecule has 1 aromatic rings. The molecule has 0 aliphatic heterocycles. The van der Waals surface area contributed by atoms with Crippen molar-refractivity contribution in [1.29, 1.82) is 0 Å². The van der Waals surface area contributed by atoms with E-state index in [9.17, 15) is 4.79 Å². The van der Waals surface area contributed by atoms with E-state index in [-0.39, 0.29) is 5.97 Å². The molecule has 108 valence electrons. The van der Waals surface area contributed by atoms with Gasteiger partial charge in [-0.25, -0.2) is 4.98 Å². The van der Waals surface area contributed by atoms with Crippen LogP contribution >= 0.6 is 11.3 Å². The molecule has 0 saturated carbocycles. The monoisotopic (exact) mass is 285 g/mol. The molecule has 0 aromatic carbocycles. The molecular weight excluding hydrogens is 262 g/mol. The molecule has 0 aliphatic carbocycles. The maximum absolute atomic E-state index is 11.3. The van der Waals surface area contributed by atoms with Gasteiger partial charge in [0.15, 0.2) is 5.13 Å². The Morgan fingerprint density at radius 1 is 1.37 bits per heavy atom. The fourth-order valence-electron chi connectivity index (χ4n) is 1.50. The Morgan fingerprint density at radius 2 is 2.11 bits per heavy atom. The van der Waals surface area contributed by atoms with Crippen molar-refractivity contribution >= 4 is 22.4 Å². The zero-order valence-electron chi connectivity index (χ0n) is 12.2. The Labute approximate surface area is 119 Å². The number of anilines is 1. The third-order valence-corrected chi connectivity index (χ3v) is 3.64. The summed E-state index contributed by atoms with van der Waals surface area (Å²) in [7, 11) is 6.15. The van der Waals surface area contributed by atoms with E-state index in [0.717, 1.165) is 23.9 Å². The Bertz CT molecular complexity index is 393. The predicted molar refractivity (Wildman–Crippen MR) is 78.9 cm³/mol. The first-order valence-electron chi connectivity index (χ1n) is 6.48. The van der Waals surface area contributed by atoms with Gasteiger partial charge in [-0.15, -0.1) is 11.3 Å². The van der Waals surface area contributed by atoms with E-state index in [1.165, 1.54) is 0 Å². The smallest absolute Gasteiger partial charge is 0.306 e. The van der Waals surface area contributed by atoms with Crippen molar-refractivity contribution in [2.45, 2.75) is 19.8 Å². The molecule has 0 saturated heterocycles. The summed E-state index contributed by atoms with van der Waals surface area (Å²) in [5.74, 6) is -0.155. The minimum Gasteiger partial charge on any atom is -0.466 e. The zero-order valence-corrected chi connectivity index (χ0v) is 13.0. The number of nitrogens with zero attached hydrogens (tertiary/aromatic N) is 3. The molecule has 0 atom stereocenters. The normalized spacial score (nSPS) is 10.8. The van der Waals surface area contributed by atoms with Gasteiger partial charge < -0.3 is 14.5 Å². The molecule has 1 aromatic heterocycles. The first-order chi connectivity index (χ1) is 9.02. The van der Waals surface area contributed by atoms with Crippen LogP contribution in [0.3, 0.4) is 0 Å². The van der Waals surface area contributed by atoms with E-state index in [2.05, 4.69) is 28.9 Å². The maximum Gasteiger partial charge on any atom is 0.306 e. The molecule has 1 heterocycles. The van der Waals surface area contributed by atoms with Crippen LogP contribution in [0.15, 0.2) is 5.38 Å². The highest BCUT2D eigenvalue weighted by molar-refractivity contribution is 7.13. The lowest BCUT2D eigenvalue weighted by molar-refractivity contribution is -0.143. The molecule has 0 aliphatic rings. The zero-order chi connectivity index (χ0) is 14.3. The fraction of sp³-hybridized carbons (Fsp3) is 0.692. The largest absolute Gasteiger partial charge is 0.466 e. The number of thiazole rings is 1. The van der Waals surface area contributed by atoms with Gasteiger partial charge in [0.25, 0.3) is 0 Å². The number of aryl methyl sites for hydroxylation is 1. The maximum atomic E-state index is 11.3. The van der Waals surface area contributed by atoms with Crippen LogP contribution in [-0.2, 0) is 16.0 Å². The Hall–Kier alpha value is -1.14. The van der Waals surface area contributed by atoms with E-state index in [1.54, 1.807) is 11.3 Å². The highest BCUT2D eigenvalue weighted by atomic mass is 32.1. The summed E-state index contributed by atoms with van der Waals surface area (Å²) in [5.41, 5.74) is 0.963. The number of rotatable bonds is 8. The highest BCUT2D eigenvalue weighted by Gasteiger charge is 2.09. The summed E-state index contributed by atoms with van der Waals surface area (Å²) in [6, 6.07) is 0. The van der Waals surface area contributed by atoms with Gasteiger partial charge >= 0.3 is 5.97 Å². The minimum atomic E-state index is -0.155. The van der Waals surface area contributed by atoms with Gasteiger partial charge in [0.2, 0.25) is 0 Å². The van der Waals surface area contributed by atoms with E-state index >= 15 is 0 Å². The molecule has 1 rings (SSSR count). The molecule has 6 heteroatoms. The molecule has 5 nitrogen and oxygen atoms in total. The fourth-order valence-corrected chi connectivity index (χ4v) is 2.35. The van der Waals surface area contributed by atoms with Gasteiger partial charge in [0.05, 0.1) is 18.7 Å². The van der Waals surface area contributed by atoms with Crippen LogP contribution in [-0.4, -0.2) is 56.7 Å². The number of carbonyl (C=O) groups excluding carboxylic acids is 1. The van der Waals surface area contributed by atoms with Crippen LogP contribution in [0.25, 0.3) is 0 Å². The van der Waals surface area contributed by atoms with Crippen LogP contribution in [0.1, 0.15) is 19.0 Å². The first-order valence-corrected chi connectivity index (χ1v) is 7.36. The number of hydrogen-bond acceptors (Lipinski definition) is 6. The standard InChI is InChI=1S/C13H23N3O2S/c1-5-18-12(17)7-6-11-10-19-13(14-11)16(4)9-8-15(2)3/h10H,5-9H2,1-4H3. The lowest BCUT2D eigenvalue weighted by atomic mass is 10.2. The van der Waals surface area contributed by atoms with Crippen molar-refractivity contribution in [2.24, 2.45) is 0 Å². The number of carbonyl (C=O) groups is 1. The minimum absolute atomic E-state index is 0.155.